The van der Waals surface area contributed by atoms with Crippen molar-refractivity contribution in [2.24, 2.45) is 11.1 Å². The number of hydrogen-bond donors (Lipinski definition) is 2. The van der Waals surface area contributed by atoms with Crippen molar-refractivity contribution in [1.82, 2.24) is 10.2 Å². The van der Waals surface area contributed by atoms with Gasteiger partial charge in [-0.05, 0) is 5.56 Å². The number of nitrogens with one attached hydrogen (secondary N) is 1. The number of allylic oxidation sites excluding steroid dienone is 1. The van der Waals surface area contributed by atoms with E-state index in [9.17, 15) is 15.4 Å². The Hall–Kier alpha value is -3.01. The zero-order valence-corrected chi connectivity index (χ0v) is 13.6. The van der Waals surface area contributed by atoms with Gasteiger partial charge in [-0.15, -0.1) is 0 Å². The molecule has 0 saturated carbocycles. The molecule has 2 aliphatic heterocycles. The predicted molar refractivity (Wildman–Crippen MR) is 88.5 cm³/mol. The third kappa shape index (κ3) is 2.46. The molecular weight excluding hydrogens is 306 g/mol. The van der Waals surface area contributed by atoms with Crippen molar-refractivity contribution in [2.75, 3.05) is 13.1 Å². The highest BCUT2D eigenvalue weighted by atomic mass is 16.6. The number of nitrogens with two attached hydrogens (primary N) is 1. The van der Waals surface area contributed by atoms with Crippen LogP contribution in [-0.2, 0) is 0 Å². The number of nitro groups is 1. The lowest BCUT2D eigenvalue weighted by molar-refractivity contribution is -0.432. The molecule has 7 heteroatoms. The van der Waals surface area contributed by atoms with E-state index in [1.807, 2.05) is 19.9 Å². The largest absolute Gasteiger partial charge is 0.384 e. The van der Waals surface area contributed by atoms with Crippen LogP contribution in [0.15, 0.2) is 53.2 Å². The maximum atomic E-state index is 11.8. The molecule has 2 aliphatic rings. The van der Waals surface area contributed by atoms with Crippen LogP contribution >= 0.6 is 0 Å². The SMILES string of the molecule is CC1(C)CNC2=C([N+](=O)[O-])C(c3ccccc3)C(C#N)=C(N)N2C1. The van der Waals surface area contributed by atoms with Gasteiger partial charge < -0.3 is 16.0 Å². The second kappa shape index (κ2) is 5.57. The Balaban J connectivity index is 2.22. The molecule has 0 aliphatic carbocycles. The van der Waals surface area contributed by atoms with Crippen molar-refractivity contribution in [3.05, 3.63) is 68.9 Å². The van der Waals surface area contributed by atoms with Gasteiger partial charge in [0.05, 0.1) is 16.6 Å². The molecule has 0 amide bonds. The van der Waals surface area contributed by atoms with Crippen molar-refractivity contribution in [3.8, 4) is 6.07 Å². The van der Waals surface area contributed by atoms with E-state index < -0.39 is 10.8 Å². The average molecular weight is 325 g/mol. The first-order valence-electron chi connectivity index (χ1n) is 7.70. The minimum absolute atomic E-state index is 0.0255. The van der Waals surface area contributed by atoms with Crippen LogP contribution in [0, 0.1) is 26.9 Å². The van der Waals surface area contributed by atoms with E-state index in [1.54, 1.807) is 29.2 Å². The quantitative estimate of drug-likeness (QED) is 0.634. The number of hydrogen-bond acceptors (Lipinski definition) is 6. The van der Waals surface area contributed by atoms with E-state index in [0.717, 1.165) is 0 Å². The molecule has 1 atom stereocenters. The van der Waals surface area contributed by atoms with Gasteiger partial charge in [0.15, 0.2) is 5.82 Å². The fourth-order valence-electron chi connectivity index (χ4n) is 3.27. The van der Waals surface area contributed by atoms with Crippen molar-refractivity contribution >= 4 is 0 Å². The van der Waals surface area contributed by atoms with Crippen LogP contribution in [0.1, 0.15) is 25.3 Å². The Morgan fingerprint density at radius 1 is 1.42 bits per heavy atom. The lowest BCUT2D eigenvalue weighted by Crippen LogP contribution is -2.53. The summed E-state index contributed by atoms with van der Waals surface area (Å²) in [6.45, 7) is 5.22. The van der Waals surface area contributed by atoms with Gasteiger partial charge in [0.2, 0.25) is 0 Å². The van der Waals surface area contributed by atoms with E-state index in [-0.39, 0.29) is 22.5 Å². The Morgan fingerprint density at radius 2 is 2.08 bits per heavy atom. The predicted octanol–water partition coefficient (Wildman–Crippen LogP) is 1.85. The molecule has 124 valence electrons. The van der Waals surface area contributed by atoms with Crippen molar-refractivity contribution in [3.63, 3.8) is 0 Å². The van der Waals surface area contributed by atoms with E-state index in [4.69, 9.17) is 5.73 Å². The van der Waals surface area contributed by atoms with Crippen molar-refractivity contribution in [2.45, 2.75) is 19.8 Å². The molecule has 3 N–H and O–H groups in total. The fourth-order valence-corrected chi connectivity index (χ4v) is 3.27. The normalized spacial score (nSPS) is 22.5. The molecule has 1 aromatic rings. The molecule has 7 nitrogen and oxygen atoms in total. The van der Waals surface area contributed by atoms with Gasteiger partial charge in [-0.25, -0.2) is 0 Å². The van der Waals surface area contributed by atoms with E-state index in [2.05, 4.69) is 11.4 Å². The van der Waals surface area contributed by atoms with Crippen LogP contribution in [0.25, 0.3) is 0 Å². The summed E-state index contributed by atoms with van der Waals surface area (Å²) in [7, 11) is 0. The molecule has 0 radical (unpaired) electrons. The number of nitriles is 1. The van der Waals surface area contributed by atoms with Crippen LogP contribution in [0.4, 0.5) is 0 Å². The third-order valence-electron chi connectivity index (χ3n) is 4.41. The van der Waals surface area contributed by atoms with Crippen molar-refractivity contribution < 1.29 is 4.92 Å². The molecule has 1 unspecified atom stereocenters. The highest BCUT2D eigenvalue weighted by molar-refractivity contribution is 5.49. The lowest BCUT2D eigenvalue weighted by Gasteiger charge is -2.44. The van der Waals surface area contributed by atoms with Crippen LogP contribution in [0.3, 0.4) is 0 Å². The standard InChI is InChI=1S/C17H19N5O2/c1-17(2)9-20-16-14(22(23)24)13(11-6-4-3-5-7-11)12(8-18)15(19)21(16)10-17/h3-7,13,20H,9-10,19H2,1-2H3. The molecule has 24 heavy (non-hydrogen) atoms. The van der Waals surface area contributed by atoms with Gasteiger partial charge in [-0.1, -0.05) is 44.2 Å². The molecule has 1 saturated heterocycles. The minimum Gasteiger partial charge on any atom is -0.384 e. The summed E-state index contributed by atoms with van der Waals surface area (Å²) in [4.78, 5) is 13.1. The second-order valence-electron chi connectivity index (χ2n) is 6.85. The van der Waals surface area contributed by atoms with Crippen LogP contribution in [0.5, 0.6) is 0 Å². The highest BCUT2D eigenvalue weighted by Crippen LogP contribution is 2.42. The first kappa shape index (κ1) is 15.9. The monoisotopic (exact) mass is 325 g/mol. The van der Waals surface area contributed by atoms with Gasteiger partial charge in [0.25, 0.3) is 5.70 Å². The number of nitrogens with zero attached hydrogens (tertiary/aromatic N) is 3. The summed E-state index contributed by atoms with van der Waals surface area (Å²) in [5.41, 5.74) is 7.00. The number of rotatable bonds is 2. The zero-order valence-electron chi connectivity index (χ0n) is 13.6. The van der Waals surface area contributed by atoms with Gasteiger partial charge in [0.1, 0.15) is 11.7 Å². The molecule has 0 spiro atoms. The first-order chi connectivity index (χ1) is 11.4. The third-order valence-corrected chi connectivity index (χ3v) is 4.41. The van der Waals surface area contributed by atoms with E-state index >= 15 is 0 Å². The summed E-state index contributed by atoms with van der Waals surface area (Å²) in [5, 5.41) is 24.6. The molecule has 2 heterocycles. The van der Waals surface area contributed by atoms with E-state index in [0.29, 0.717) is 24.5 Å². The second-order valence-corrected chi connectivity index (χ2v) is 6.85. The first-order valence-corrected chi connectivity index (χ1v) is 7.70. The van der Waals surface area contributed by atoms with Crippen LogP contribution < -0.4 is 11.1 Å². The van der Waals surface area contributed by atoms with Gasteiger partial charge in [-0.3, -0.25) is 10.1 Å². The van der Waals surface area contributed by atoms with Crippen molar-refractivity contribution in [1.29, 1.82) is 5.26 Å². The molecule has 0 aromatic heterocycles. The Bertz CT molecular complexity index is 789. The summed E-state index contributed by atoms with van der Waals surface area (Å²) < 4.78 is 0. The number of fused-ring (bicyclic) bond motifs is 1. The topological polar surface area (TPSA) is 108 Å². The maximum Gasteiger partial charge on any atom is 0.299 e. The maximum absolute atomic E-state index is 11.8. The summed E-state index contributed by atoms with van der Waals surface area (Å²) in [5.74, 6) is -0.0944. The highest BCUT2D eigenvalue weighted by Gasteiger charge is 2.46. The van der Waals surface area contributed by atoms with Crippen LogP contribution in [0.2, 0.25) is 0 Å². The molecule has 1 fully saturated rings. The molecule has 0 bridgehead atoms. The molecular formula is C17H19N5O2. The Morgan fingerprint density at radius 3 is 2.67 bits per heavy atom. The van der Waals surface area contributed by atoms with E-state index in [1.165, 1.54) is 0 Å². The fraction of sp³-hybridized carbons (Fsp3) is 0.353. The zero-order chi connectivity index (χ0) is 17.5. The lowest BCUT2D eigenvalue weighted by atomic mass is 9.83. The molecule has 1 aromatic carbocycles. The minimum atomic E-state index is -0.772. The smallest absolute Gasteiger partial charge is 0.299 e. The van der Waals surface area contributed by atoms with Gasteiger partial charge in [0, 0.05) is 18.5 Å². The summed E-state index contributed by atoms with van der Waals surface area (Å²) >= 11 is 0. The summed E-state index contributed by atoms with van der Waals surface area (Å²) in [6.07, 6.45) is 0. The van der Waals surface area contributed by atoms with Crippen LogP contribution in [-0.4, -0.2) is 22.9 Å². The van der Waals surface area contributed by atoms with Gasteiger partial charge in [-0.2, -0.15) is 5.26 Å². The summed E-state index contributed by atoms with van der Waals surface area (Å²) in [6, 6.07) is 11.1. The number of benzene rings is 1. The Labute approximate surface area is 140 Å². The molecule has 3 rings (SSSR count). The van der Waals surface area contributed by atoms with Gasteiger partial charge >= 0.3 is 0 Å². The average Bonchev–Trinajstić information content (AvgIpc) is 2.55. The Kier molecular flexibility index (Phi) is 3.68.